The highest BCUT2D eigenvalue weighted by molar-refractivity contribution is 6.04. The predicted octanol–water partition coefficient (Wildman–Crippen LogP) is 3.19. The lowest BCUT2D eigenvalue weighted by atomic mass is 10.2. The molecule has 1 aliphatic heterocycles. The minimum Gasteiger partial charge on any atom is -0.353 e. The van der Waals surface area contributed by atoms with E-state index < -0.39 is 0 Å². The van der Waals surface area contributed by atoms with Gasteiger partial charge in [-0.3, -0.25) is 4.79 Å². The zero-order chi connectivity index (χ0) is 19.3. The second-order valence-electron chi connectivity index (χ2n) is 6.53. The minimum absolute atomic E-state index is 0.273. The Labute approximate surface area is 162 Å². The fourth-order valence-electron chi connectivity index (χ4n) is 3.15. The summed E-state index contributed by atoms with van der Waals surface area (Å²) >= 11 is 0. The van der Waals surface area contributed by atoms with Gasteiger partial charge in [0.2, 0.25) is 0 Å². The number of nitrogens with zero attached hydrogens (tertiary/aromatic N) is 4. The van der Waals surface area contributed by atoms with Crippen LogP contribution in [0.5, 0.6) is 0 Å². The van der Waals surface area contributed by atoms with E-state index in [0.29, 0.717) is 11.3 Å². The van der Waals surface area contributed by atoms with Crippen LogP contribution < -0.4 is 15.1 Å². The Bertz CT molecular complexity index is 923. The molecule has 6 nitrogen and oxygen atoms in total. The van der Waals surface area contributed by atoms with Crippen LogP contribution in [0.1, 0.15) is 10.4 Å². The Morgan fingerprint density at radius 2 is 1.54 bits per heavy atom. The van der Waals surface area contributed by atoms with Gasteiger partial charge in [0.05, 0.1) is 5.56 Å². The quantitative estimate of drug-likeness (QED) is 0.757. The topological polar surface area (TPSA) is 61.4 Å². The van der Waals surface area contributed by atoms with Crippen molar-refractivity contribution in [2.75, 3.05) is 41.3 Å². The minimum atomic E-state index is -0.341. The number of carbonyl (C=O) groups excluding carboxylic acids is 1. The van der Waals surface area contributed by atoms with Crippen molar-refractivity contribution in [3.8, 4) is 0 Å². The molecule has 1 amide bonds. The van der Waals surface area contributed by atoms with Crippen molar-refractivity contribution in [3.63, 3.8) is 0 Å². The van der Waals surface area contributed by atoms with E-state index in [2.05, 4.69) is 25.1 Å². The molecule has 142 valence electrons. The molecule has 0 spiro atoms. The Balaban J connectivity index is 1.36. The lowest BCUT2D eigenvalue weighted by Gasteiger charge is -2.36. The zero-order valence-electron chi connectivity index (χ0n) is 15.3. The normalized spacial score (nSPS) is 14.0. The van der Waals surface area contributed by atoms with E-state index in [1.807, 2.05) is 24.3 Å². The molecule has 4 rings (SSSR count). The number of hydrogen-bond acceptors (Lipinski definition) is 5. The summed E-state index contributed by atoms with van der Waals surface area (Å²) in [4.78, 5) is 25.6. The third-order valence-electron chi connectivity index (χ3n) is 4.69. The largest absolute Gasteiger partial charge is 0.353 e. The van der Waals surface area contributed by atoms with E-state index >= 15 is 0 Å². The molecule has 3 aromatic rings. The number of carbonyl (C=O) groups is 1. The molecular formula is C21H20FN5O. The first-order valence-corrected chi connectivity index (χ1v) is 9.13. The molecular weight excluding hydrogens is 357 g/mol. The van der Waals surface area contributed by atoms with Crippen LogP contribution in [0, 0.1) is 5.82 Å². The van der Waals surface area contributed by atoms with Crippen LogP contribution in [0.15, 0.2) is 67.0 Å². The Hall–Kier alpha value is -3.48. The van der Waals surface area contributed by atoms with Crippen LogP contribution >= 0.6 is 0 Å². The molecule has 0 unspecified atom stereocenters. The molecule has 1 N–H and O–H groups in total. The first-order valence-electron chi connectivity index (χ1n) is 9.13. The van der Waals surface area contributed by atoms with Gasteiger partial charge in [0, 0.05) is 44.3 Å². The molecule has 1 saturated heterocycles. The Morgan fingerprint density at radius 3 is 2.11 bits per heavy atom. The van der Waals surface area contributed by atoms with Gasteiger partial charge in [-0.25, -0.2) is 14.4 Å². The van der Waals surface area contributed by atoms with Crippen LogP contribution in [-0.4, -0.2) is 42.1 Å². The van der Waals surface area contributed by atoms with Gasteiger partial charge in [0.25, 0.3) is 5.91 Å². The maximum absolute atomic E-state index is 13.0. The standard InChI is InChI=1S/C21H20FN5O/c22-17-5-7-18(8-6-17)25-21(28)16-4-9-20(24-15-16)27-13-11-26(12-14-27)19-3-1-2-10-23-19/h1-10,15H,11-14H2,(H,25,28). The summed E-state index contributed by atoms with van der Waals surface area (Å²) < 4.78 is 13.0. The fourth-order valence-corrected chi connectivity index (χ4v) is 3.15. The van der Waals surface area contributed by atoms with Gasteiger partial charge in [-0.15, -0.1) is 0 Å². The van der Waals surface area contributed by atoms with Crippen molar-refractivity contribution in [2.24, 2.45) is 0 Å². The van der Waals surface area contributed by atoms with Crippen LogP contribution in [0.25, 0.3) is 0 Å². The average molecular weight is 377 g/mol. The van der Waals surface area contributed by atoms with E-state index in [1.54, 1.807) is 18.5 Å². The van der Waals surface area contributed by atoms with E-state index in [-0.39, 0.29) is 11.7 Å². The smallest absolute Gasteiger partial charge is 0.257 e. The number of aromatic nitrogens is 2. The average Bonchev–Trinajstić information content (AvgIpc) is 2.76. The molecule has 7 heteroatoms. The highest BCUT2D eigenvalue weighted by Gasteiger charge is 2.19. The summed E-state index contributed by atoms with van der Waals surface area (Å²) in [5.41, 5.74) is 1.00. The maximum atomic E-state index is 13.0. The summed E-state index contributed by atoms with van der Waals surface area (Å²) in [7, 11) is 0. The number of rotatable bonds is 4. The number of halogens is 1. The SMILES string of the molecule is O=C(Nc1ccc(F)cc1)c1ccc(N2CCN(c3ccccn3)CC2)nc1. The van der Waals surface area contributed by atoms with Gasteiger partial charge in [0.1, 0.15) is 17.5 Å². The zero-order valence-corrected chi connectivity index (χ0v) is 15.3. The van der Waals surface area contributed by atoms with Gasteiger partial charge in [0.15, 0.2) is 0 Å². The lowest BCUT2D eigenvalue weighted by molar-refractivity contribution is 0.102. The molecule has 1 aromatic carbocycles. The number of amides is 1. The summed E-state index contributed by atoms with van der Waals surface area (Å²) in [6.45, 7) is 3.41. The Morgan fingerprint density at radius 1 is 0.857 bits per heavy atom. The van der Waals surface area contributed by atoms with Crippen molar-refractivity contribution in [1.29, 1.82) is 0 Å². The Kier molecular flexibility index (Phi) is 5.14. The first-order chi connectivity index (χ1) is 13.7. The molecule has 2 aromatic heterocycles. The molecule has 0 aliphatic carbocycles. The van der Waals surface area contributed by atoms with Gasteiger partial charge in [-0.05, 0) is 48.5 Å². The number of benzene rings is 1. The van der Waals surface area contributed by atoms with Crippen LogP contribution in [0.3, 0.4) is 0 Å². The van der Waals surface area contributed by atoms with Crippen molar-refractivity contribution >= 4 is 23.2 Å². The monoisotopic (exact) mass is 377 g/mol. The molecule has 3 heterocycles. The van der Waals surface area contributed by atoms with E-state index in [1.165, 1.54) is 24.3 Å². The van der Waals surface area contributed by atoms with E-state index in [4.69, 9.17) is 0 Å². The van der Waals surface area contributed by atoms with Gasteiger partial charge in [-0.1, -0.05) is 6.07 Å². The van der Waals surface area contributed by atoms with Gasteiger partial charge < -0.3 is 15.1 Å². The summed E-state index contributed by atoms with van der Waals surface area (Å²) in [5.74, 6) is 1.22. The fraction of sp³-hybridized carbons (Fsp3) is 0.190. The molecule has 0 radical (unpaired) electrons. The molecule has 1 aliphatic rings. The first kappa shape index (κ1) is 17.9. The lowest BCUT2D eigenvalue weighted by Crippen LogP contribution is -2.47. The van der Waals surface area contributed by atoms with E-state index in [9.17, 15) is 9.18 Å². The summed E-state index contributed by atoms with van der Waals surface area (Å²) in [6, 6.07) is 15.2. The van der Waals surface area contributed by atoms with Gasteiger partial charge in [-0.2, -0.15) is 0 Å². The van der Waals surface area contributed by atoms with Crippen molar-refractivity contribution in [2.45, 2.75) is 0 Å². The highest BCUT2D eigenvalue weighted by Crippen LogP contribution is 2.18. The number of piperazine rings is 1. The number of hydrogen-bond donors (Lipinski definition) is 1. The third kappa shape index (κ3) is 4.09. The van der Waals surface area contributed by atoms with Crippen LogP contribution in [0.2, 0.25) is 0 Å². The van der Waals surface area contributed by atoms with Crippen molar-refractivity contribution < 1.29 is 9.18 Å². The number of anilines is 3. The molecule has 0 bridgehead atoms. The van der Waals surface area contributed by atoms with Crippen molar-refractivity contribution in [3.05, 3.63) is 78.4 Å². The van der Waals surface area contributed by atoms with E-state index in [0.717, 1.165) is 37.8 Å². The second kappa shape index (κ2) is 8.04. The summed E-state index contributed by atoms with van der Waals surface area (Å²) in [6.07, 6.45) is 3.37. The molecule has 1 fully saturated rings. The summed E-state index contributed by atoms with van der Waals surface area (Å²) in [5, 5.41) is 2.74. The third-order valence-corrected chi connectivity index (χ3v) is 4.69. The number of nitrogens with one attached hydrogen (secondary N) is 1. The molecule has 0 atom stereocenters. The number of pyridine rings is 2. The maximum Gasteiger partial charge on any atom is 0.257 e. The molecule has 0 saturated carbocycles. The molecule has 28 heavy (non-hydrogen) atoms. The van der Waals surface area contributed by atoms with Crippen LogP contribution in [0.4, 0.5) is 21.7 Å². The van der Waals surface area contributed by atoms with Crippen LogP contribution in [-0.2, 0) is 0 Å². The second-order valence-corrected chi connectivity index (χ2v) is 6.53. The van der Waals surface area contributed by atoms with Gasteiger partial charge >= 0.3 is 0 Å². The van der Waals surface area contributed by atoms with Crippen molar-refractivity contribution in [1.82, 2.24) is 9.97 Å². The highest BCUT2D eigenvalue weighted by atomic mass is 19.1. The predicted molar refractivity (Wildman–Crippen MR) is 107 cm³/mol.